The van der Waals surface area contributed by atoms with E-state index in [0.29, 0.717) is 41.0 Å². The number of piperazine rings is 1. The van der Waals surface area contributed by atoms with Crippen LogP contribution < -0.4 is 15.1 Å². The molecular formula is C34H41FN8O3. The Balaban J connectivity index is 0.855. The Morgan fingerprint density at radius 3 is 2.48 bits per heavy atom. The molecular weight excluding hydrogens is 587 g/mol. The van der Waals surface area contributed by atoms with Gasteiger partial charge in [0, 0.05) is 50.2 Å². The van der Waals surface area contributed by atoms with Gasteiger partial charge in [-0.1, -0.05) is 6.07 Å². The molecule has 2 aliphatic carbocycles. The molecule has 3 aromatic rings. The lowest BCUT2D eigenvalue weighted by atomic mass is 9.56. The second-order valence-electron chi connectivity index (χ2n) is 14.1. The summed E-state index contributed by atoms with van der Waals surface area (Å²) in [5.74, 6) is 0.0799. The Kier molecular flexibility index (Phi) is 7.42. The maximum Gasteiger partial charge on any atom is 0.306 e. The lowest BCUT2D eigenvalue weighted by molar-refractivity contribution is -0.145. The van der Waals surface area contributed by atoms with Crippen molar-refractivity contribution in [1.29, 1.82) is 0 Å². The third-order valence-electron chi connectivity index (χ3n) is 11.5. The van der Waals surface area contributed by atoms with Crippen LogP contribution in [0.3, 0.4) is 0 Å². The Labute approximate surface area is 267 Å². The molecule has 1 unspecified atom stereocenters. The number of halogens is 1. The van der Waals surface area contributed by atoms with Crippen LogP contribution in [0.25, 0.3) is 11.3 Å². The third-order valence-corrected chi connectivity index (χ3v) is 11.5. The van der Waals surface area contributed by atoms with Gasteiger partial charge in [-0.05, 0) is 99.6 Å². The molecule has 0 bridgehead atoms. The van der Waals surface area contributed by atoms with Crippen LogP contribution in [-0.2, 0) is 4.79 Å². The van der Waals surface area contributed by atoms with Gasteiger partial charge in [-0.25, -0.2) is 14.4 Å². The maximum absolute atomic E-state index is 14.0. The molecule has 4 fully saturated rings. The number of benzene rings is 1. The highest BCUT2D eigenvalue weighted by Gasteiger charge is 2.49. The Morgan fingerprint density at radius 1 is 0.978 bits per heavy atom. The number of para-hydroxylation sites is 1. The van der Waals surface area contributed by atoms with E-state index in [1.54, 1.807) is 12.1 Å². The van der Waals surface area contributed by atoms with Gasteiger partial charge in [0.15, 0.2) is 17.4 Å². The van der Waals surface area contributed by atoms with Crippen LogP contribution in [0.4, 0.5) is 21.8 Å². The molecule has 12 heteroatoms. The molecule has 2 aromatic heterocycles. The highest BCUT2D eigenvalue weighted by Crippen LogP contribution is 2.55. The molecule has 0 amide bonds. The summed E-state index contributed by atoms with van der Waals surface area (Å²) in [4.78, 5) is 28.2. The average molecular weight is 629 g/mol. The van der Waals surface area contributed by atoms with Crippen LogP contribution in [0.2, 0.25) is 0 Å². The first-order chi connectivity index (χ1) is 22.4. The number of aromatic hydroxyl groups is 1. The van der Waals surface area contributed by atoms with Gasteiger partial charge < -0.3 is 30.2 Å². The zero-order chi connectivity index (χ0) is 31.4. The maximum atomic E-state index is 14.0. The minimum absolute atomic E-state index is 0.129. The molecule has 3 aliphatic heterocycles. The zero-order valence-corrected chi connectivity index (χ0v) is 26.0. The minimum atomic E-state index is -0.681. The molecule has 46 heavy (non-hydrogen) atoms. The van der Waals surface area contributed by atoms with Crippen molar-refractivity contribution in [3.63, 3.8) is 0 Å². The molecule has 5 heterocycles. The van der Waals surface area contributed by atoms with Crippen molar-refractivity contribution in [3.05, 3.63) is 48.0 Å². The summed E-state index contributed by atoms with van der Waals surface area (Å²) in [6.45, 7) is 5.20. The summed E-state index contributed by atoms with van der Waals surface area (Å²) >= 11 is 0. The number of rotatable bonds is 5. The minimum Gasteiger partial charge on any atom is -0.504 e. The van der Waals surface area contributed by atoms with Crippen LogP contribution in [0.15, 0.2) is 36.7 Å². The Hall–Kier alpha value is -4.06. The SMILES string of the molecule is O=C(O)C1CCC2(CC1)CC(N1CCC(c3cnc(N4CCN5c6cc(-c7cccc(F)c7O)nnc6NCC5C4)nc3)CC1)C2. The molecule has 1 spiro atoms. The largest absolute Gasteiger partial charge is 0.504 e. The molecule has 1 aromatic carbocycles. The second kappa shape index (κ2) is 11.6. The number of phenols is 1. The molecule has 3 N–H and O–H groups in total. The fourth-order valence-corrected chi connectivity index (χ4v) is 8.71. The number of hydrogen-bond donors (Lipinski definition) is 3. The highest BCUT2D eigenvalue weighted by molar-refractivity contribution is 5.77. The van der Waals surface area contributed by atoms with Gasteiger partial charge in [-0.15, -0.1) is 10.2 Å². The van der Waals surface area contributed by atoms with Gasteiger partial charge in [0.2, 0.25) is 5.95 Å². The summed E-state index contributed by atoms with van der Waals surface area (Å²) < 4.78 is 14.0. The van der Waals surface area contributed by atoms with E-state index in [2.05, 4.69) is 30.2 Å². The standard InChI is InChI=1S/C34H41FN8O3/c35-27-3-1-2-26(30(27)44)28-14-29-31(40-39-28)36-19-25-20-42(12-13-43(25)29)33-37-17-23(18-38-33)21-6-10-41(11-7-21)24-15-34(16-24)8-4-22(5-9-34)32(45)46/h1-3,14,17-18,21-22,24-25,44H,4-13,15-16,19-20H2,(H,36,40)(H,45,46). The number of phenolic OH excluding ortho intramolecular Hbond substituents is 1. The summed E-state index contributed by atoms with van der Waals surface area (Å²) in [6.07, 6.45) is 12.6. The predicted molar refractivity (Wildman–Crippen MR) is 172 cm³/mol. The lowest BCUT2D eigenvalue weighted by Gasteiger charge is -2.55. The topological polar surface area (TPSA) is 131 Å². The molecule has 2 saturated carbocycles. The number of nitrogens with one attached hydrogen (secondary N) is 1. The van der Waals surface area contributed by atoms with Crippen LogP contribution >= 0.6 is 0 Å². The van der Waals surface area contributed by atoms with E-state index in [-0.39, 0.29) is 12.0 Å². The molecule has 0 radical (unpaired) electrons. The fraction of sp³-hybridized carbons (Fsp3) is 0.559. The third kappa shape index (κ3) is 5.30. The first-order valence-electron chi connectivity index (χ1n) is 16.8. The zero-order valence-electron chi connectivity index (χ0n) is 26.0. The summed E-state index contributed by atoms with van der Waals surface area (Å²) in [6, 6.07) is 7.13. The van der Waals surface area contributed by atoms with Gasteiger partial charge in [-0.3, -0.25) is 4.79 Å². The van der Waals surface area contributed by atoms with E-state index in [0.717, 1.165) is 82.9 Å². The van der Waals surface area contributed by atoms with Crippen molar-refractivity contribution >= 4 is 23.4 Å². The van der Waals surface area contributed by atoms with E-state index in [9.17, 15) is 19.4 Å². The fourth-order valence-electron chi connectivity index (χ4n) is 8.71. The predicted octanol–water partition coefficient (Wildman–Crippen LogP) is 4.50. The number of carbonyl (C=O) groups is 1. The normalized spacial score (nSPS) is 28.2. The number of piperidine rings is 1. The van der Waals surface area contributed by atoms with E-state index in [1.807, 2.05) is 18.5 Å². The van der Waals surface area contributed by atoms with Crippen LogP contribution in [-0.4, -0.2) is 92.6 Å². The average Bonchev–Trinajstić information content (AvgIpc) is 3.08. The Morgan fingerprint density at radius 2 is 1.74 bits per heavy atom. The number of carboxylic acid groups (broad SMARTS) is 1. The number of fused-ring (bicyclic) bond motifs is 3. The van der Waals surface area contributed by atoms with Gasteiger partial charge in [0.25, 0.3) is 0 Å². The molecule has 8 rings (SSSR count). The van der Waals surface area contributed by atoms with Crippen molar-refractivity contribution in [1.82, 2.24) is 25.1 Å². The van der Waals surface area contributed by atoms with Crippen molar-refractivity contribution < 1.29 is 19.4 Å². The first kappa shape index (κ1) is 29.3. The number of aromatic nitrogens is 4. The lowest BCUT2D eigenvalue weighted by Crippen LogP contribution is -2.58. The highest BCUT2D eigenvalue weighted by atomic mass is 19.1. The van der Waals surface area contributed by atoms with Crippen molar-refractivity contribution in [2.45, 2.75) is 69.4 Å². The van der Waals surface area contributed by atoms with Crippen LogP contribution in [0.5, 0.6) is 5.75 Å². The molecule has 11 nitrogen and oxygen atoms in total. The van der Waals surface area contributed by atoms with Crippen LogP contribution in [0, 0.1) is 17.2 Å². The van der Waals surface area contributed by atoms with E-state index >= 15 is 0 Å². The van der Waals surface area contributed by atoms with Crippen molar-refractivity contribution in [3.8, 4) is 17.0 Å². The number of likely N-dealkylation sites (tertiary alicyclic amines) is 1. The van der Waals surface area contributed by atoms with Gasteiger partial charge >= 0.3 is 5.97 Å². The smallest absolute Gasteiger partial charge is 0.306 e. The van der Waals surface area contributed by atoms with Crippen molar-refractivity contribution in [2.75, 3.05) is 54.4 Å². The van der Waals surface area contributed by atoms with Gasteiger partial charge in [0.05, 0.1) is 23.3 Å². The summed E-state index contributed by atoms with van der Waals surface area (Å²) in [5, 5.41) is 31.6. The van der Waals surface area contributed by atoms with Gasteiger partial charge in [-0.2, -0.15) is 0 Å². The number of hydrogen-bond acceptors (Lipinski definition) is 10. The van der Waals surface area contributed by atoms with E-state index in [1.165, 1.54) is 24.5 Å². The molecule has 1 atom stereocenters. The van der Waals surface area contributed by atoms with Crippen LogP contribution in [0.1, 0.15) is 62.8 Å². The second-order valence-corrected chi connectivity index (χ2v) is 14.1. The molecule has 2 saturated heterocycles. The number of carboxylic acids is 1. The molecule has 242 valence electrons. The van der Waals surface area contributed by atoms with E-state index < -0.39 is 17.5 Å². The summed E-state index contributed by atoms with van der Waals surface area (Å²) in [5.41, 5.74) is 3.28. The first-order valence-corrected chi connectivity index (χ1v) is 16.8. The quantitative estimate of drug-likeness (QED) is 0.369. The monoisotopic (exact) mass is 628 g/mol. The number of anilines is 3. The number of nitrogens with zero attached hydrogens (tertiary/aromatic N) is 7. The van der Waals surface area contributed by atoms with E-state index in [4.69, 9.17) is 9.97 Å². The molecule has 5 aliphatic rings. The summed E-state index contributed by atoms with van der Waals surface area (Å²) in [7, 11) is 0. The Bertz CT molecular complexity index is 1600. The van der Waals surface area contributed by atoms with Crippen molar-refractivity contribution in [2.24, 2.45) is 11.3 Å². The number of aliphatic carboxylic acids is 1. The van der Waals surface area contributed by atoms with Gasteiger partial charge in [0.1, 0.15) is 0 Å².